The lowest BCUT2D eigenvalue weighted by Crippen LogP contribution is -2.29. The molecule has 0 bridgehead atoms. The number of hydrogen-bond acceptors (Lipinski definition) is 6. The Balaban J connectivity index is 1.95. The normalized spacial score (nSPS) is 11.0. The molecule has 0 aliphatic heterocycles. The van der Waals surface area contributed by atoms with E-state index in [0.717, 1.165) is 6.42 Å². The summed E-state index contributed by atoms with van der Waals surface area (Å²) in [5.41, 5.74) is 0.666. The molecule has 0 spiro atoms. The summed E-state index contributed by atoms with van der Waals surface area (Å²) in [6.07, 6.45) is 0.828. The van der Waals surface area contributed by atoms with Crippen molar-refractivity contribution in [2.24, 2.45) is 0 Å². The Hall–Kier alpha value is -2.01. The summed E-state index contributed by atoms with van der Waals surface area (Å²) in [6.45, 7) is 1.32. The van der Waals surface area contributed by atoms with Gasteiger partial charge in [-0.15, -0.1) is 10.2 Å². The second-order valence-electron chi connectivity index (χ2n) is 5.10. The van der Waals surface area contributed by atoms with E-state index in [1.165, 1.54) is 24.3 Å². The second kappa shape index (κ2) is 9.62. The van der Waals surface area contributed by atoms with Gasteiger partial charge in [0.15, 0.2) is 16.1 Å². The lowest BCUT2D eigenvalue weighted by atomic mass is 10.3. The summed E-state index contributed by atoms with van der Waals surface area (Å²) in [6, 6.07) is 9.02. The summed E-state index contributed by atoms with van der Waals surface area (Å²) in [5, 5.41) is 13.9. The van der Waals surface area contributed by atoms with E-state index in [1.54, 1.807) is 19.2 Å². The molecule has 0 saturated heterocycles. The first-order valence-electron chi connectivity index (χ1n) is 7.56. The molecule has 1 aromatic heterocycles. The molecule has 0 fully saturated rings. The molecule has 2 aromatic rings. The maximum absolute atomic E-state index is 12.3. The van der Waals surface area contributed by atoms with Crippen molar-refractivity contribution >= 4 is 50.5 Å². The molecule has 0 aliphatic carbocycles. The number of nitrogens with one attached hydrogen (secondary N) is 3. The number of hydrogen-bond donors (Lipinski definition) is 3. The van der Waals surface area contributed by atoms with Crippen LogP contribution in [0.15, 0.2) is 41.3 Å². The zero-order valence-corrected chi connectivity index (χ0v) is 16.3. The molecule has 0 saturated carbocycles. The third-order valence-corrected chi connectivity index (χ3v) is 4.92. The minimum atomic E-state index is -3.78. The molecule has 0 atom stereocenters. The third-order valence-electron chi connectivity index (χ3n) is 3.10. The highest BCUT2D eigenvalue weighted by Crippen LogP contribution is 2.17. The van der Waals surface area contributed by atoms with Crippen molar-refractivity contribution in [3.8, 4) is 0 Å². The number of anilines is 2. The summed E-state index contributed by atoms with van der Waals surface area (Å²) in [7, 11) is -2.14. The van der Waals surface area contributed by atoms with Crippen molar-refractivity contribution < 1.29 is 13.2 Å². The molecule has 0 amide bonds. The fourth-order valence-corrected chi connectivity index (χ4v) is 3.20. The standard InChI is InChI=1S/C15H18ClN5O3S2/c1-24-10-2-9-17-15(25)18-11-3-5-12(6-4-11)26(22,23)21-14-8-7-13(16)19-20-14/h3-8H,2,9-10H2,1H3,(H,20,21)(H2,17,18,25). The SMILES string of the molecule is COCCCNC(=S)Nc1ccc(S(=O)(=O)Nc2ccc(Cl)nn2)cc1. The van der Waals surface area contributed by atoms with E-state index in [2.05, 4.69) is 25.6 Å². The van der Waals surface area contributed by atoms with Crippen LogP contribution >= 0.6 is 23.8 Å². The van der Waals surface area contributed by atoms with E-state index in [0.29, 0.717) is 24.0 Å². The fourth-order valence-electron chi connectivity index (χ4n) is 1.88. The molecule has 8 nitrogen and oxygen atoms in total. The van der Waals surface area contributed by atoms with Crippen LogP contribution in [0.4, 0.5) is 11.5 Å². The minimum absolute atomic E-state index is 0.0815. The van der Waals surface area contributed by atoms with Crippen molar-refractivity contribution in [2.45, 2.75) is 11.3 Å². The molecule has 0 unspecified atom stereocenters. The van der Waals surface area contributed by atoms with Gasteiger partial charge < -0.3 is 15.4 Å². The maximum atomic E-state index is 12.3. The molecule has 0 aliphatic rings. The summed E-state index contributed by atoms with van der Waals surface area (Å²) < 4.78 is 32.0. The van der Waals surface area contributed by atoms with Gasteiger partial charge in [0, 0.05) is 25.9 Å². The number of halogens is 1. The molecule has 1 aromatic carbocycles. The Kier molecular flexibility index (Phi) is 7.51. The van der Waals surface area contributed by atoms with E-state index in [9.17, 15) is 8.42 Å². The number of rotatable bonds is 8. The average Bonchev–Trinajstić information content (AvgIpc) is 2.61. The maximum Gasteiger partial charge on any atom is 0.263 e. The van der Waals surface area contributed by atoms with Crippen molar-refractivity contribution in [2.75, 3.05) is 30.3 Å². The van der Waals surface area contributed by atoms with Gasteiger partial charge in [0.25, 0.3) is 10.0 Å². The fraction of sp³-hybridized carbons (Fsp3) is 0.267. The zero-order valence-electron chi connectivity index (χ0n) is 13.9. The van der Waals surface area contributed by atoms with Gasteiger partial charge in [-0.1, -0.05) is 11.6 Å². The Morgan fingerprint density at radius 3 is 2.54 bits per heavy atom. The number of thiocarbonyl (C=S) groups is 1. The van der Waals surface area contributed by atoms with Crippen LogP contribution in [0.1, 0.15) is 6.42 Å². The van der Waals surface area contributed by atoms with Crippen LogP contribution in [0.25, 0.3) is 0 Å². The Morgan fingerprint density at radius 1 is 1.19 bits per heavy atom. The first-order valence-corrected chi connectivity index (χ1v) is 9.83. The van der Waals surface area contributed by atoms with Crippen LogP contribution in [-0.2, 0) is 14.8 Å². The van der Waals surface area contributed by atoms with Crippen LogP contribution in [0.5, 0.6) is 0 Å². The zero-order chi connectivity index (χ0) is 19.0. The van der Waals surface area contributed by atoms with Gasteiger partial charge in [-0.25, -0.2) is 8.42 Å². The third kappa shape index (κ3) is 6.37. The quantitative estimate of drug-likeness (QED) is 0.445. The van der Waals surface area contributed by atoms with E-state index in [4.69, 9.17) is 28.6 Å². The molecule has 1 heterocycles. The molecule has 11 heteroatoms. The van der Waals surface area contributed by atoms with Crippen LogP contribution < -0.4 is 15.4 Å². The lowest BCUT2D eigenvalue weighted by molar-refractivity contribution is 0.196. The van der Waals surface area contributed by atoms with Gasteiger partial charge in [0.2, 0.25) is 0 Å². The summed E-state index contributed by atoms with van der Waals surface area (Å²) >= 11 is 10.8. The minimum Gasteiger partial charge on any atom is -0.385 e. The van der Waals surface area contributed by atoms with E-state index in [-0.39, 0.29) is 15.9 Å². The van der Waals surface area contributed by atoms with Crippen LogP contribution in [-0.4, -0.2) is 44.0 Å². The Labute approximate surface area is 162 Å². The molecule has 0 radical (unpaired) electrons. The van der Waals surface area contributed by atoms with E-state index < -0.39 is 10.0 Å². The molecule has 3 N–H and O–H groups in total. The average molecular weight is 416 g/mol. The van der Waals surface area contributed by atoms with E-state index >= 15 is 0 Å². The molecule has 26 heavy (non-hydrogen) atoms. The summed E-state index contributed by atoms with van der Waals surface area (Å²) in [5.74, 6) is 0.0815. The van der Waals surface area contributed by atoms with Crippen molar-refractivity contribution in [1.82, 2.24) is 15.5 Å². The first kappa shape index (κ1) is 20.3. The van der Waals surface area contributed by atoms with Gasteiger partial charge in [0.05, 0.1) is 4.90 Å². The Morgan fingerprint density at radius 2 is 1.92 bits per heavy atom. The molecular formula is C15H18ClN5O3S2. The highest BCUT2D eigenvalue weighted by molar-refractivity contribution is 7.92. The van der Waals surface area contributed by atoms with Crippen LogP contribution in [0, 0.1) is 0 Å². The monoisotopic (exact) mass is 415 g/mol. The van der Waals surface area contributed by atoms with Gasteiger partial charge in [-0.3, -0.25) is 4.72 Å². The van der Waals surface area contributed by atoms with Gasteiger partial charge in [-0.05, 0) is 55.0 Å². The second-order valence-corrected chi connectivity index (χ2v) is 7.58. The first-order chi connectivity index (χ1) is 12.4. The number of methoxy groups -OCH3 is 1. The van der Waals surface area contributed by atoms with Crippen molar-refractivity contribution in [3.05, 3.63) is 41.6 Å². The molecular weight excluding hydrogens is 398 g/mol. The highest BCUT2D eigenvalue weighted by Gasteiger charge is 2.15. The number of nitrogens with zero attached hydrogens (tertiary/aromatic N) is 2. The Bertz CT molecular complexity index is 829. The lowest BCUT2D eigenvalue weighted by Gasteiger charge is -2.11. The molecule has 140 valence electrons. The number of ether oxygens (including phenoxy) is 1. The van der Waals surface area contributed by atoms with Crippen LogP contribution in [0.3, 0.4) is 0 Å². The predicted octanol–water partition coefficient (Wildman–Crippen LogP) is 2.25. The van der Waals surface area contributed by atoms with Gasteiger partial charge in [0.1, 0.15) is 0 Å². The van der Waals surface area contributed by atoms with E-state index in [1.807, 2.05) is 0 Å². The number of aromatic nitrogens is 2. The smallest absolute Gasteiger partial charge is 0.263 e. The van der Waals surface area contributed by atoms with Crippen LogP contribution in [0.2, 0.25) is 5.15 Å². The highest BCUT2D eigenvalue weighted by atomic mass is 35.5. The topological polar surface area (TPSA) is 105 Å². The molecule has 2 rings (SSSR count). The number of sulfonamides is 1. The van der Waals surface area contributed by atoms with Gasteiger partial charge >= 0.3 is 0 Å². The largest absolute Gasteiger partial charge is 0.385 e. The predicted molar refractivity (Wildman–Crippen MR) is 105 cm³/mol. The van der Waals surface area contributed by atoms with Gasteiger partial charge in [-0.2, -0.15) is 0 Å². The number of benzene rings is 1. The van der Waals surface area contributed by atoms with Crippen molar-refractivity contribution in [3.63, 3.8) is 0 Å². The summed E-state index contributed by atoms with van der Waals surface area (Å²) in [4.78, 5) is 0.0822. The van der Waals surface area contributed by atoms with Crippen molar-refractivity contribution in [1.29, 1.82) is 0 Å².